The van der Waals surface area contributed by atoms with Crippen LogP contribution in [0.25, 0.3) is 11.4 Å². The SMILES string of the molecule is COc1nc(NCCc2ccc(F)cc2)nc(-c2ccc(Cl)c(OC(C)=O)c2)n1. The average Bonchev–Trinajstić information content (AvgIpc) is 2.70. The molecule has 0 fully saturated rings. The van der Waals surface area contributed by atoms with Gasteiger partial charge in [0.25, 0.3) is 0 Å². The van der Waals surface area contributed by atoms with Crippen LogP contribution in [-0.4, -0.2) is 34.6 Å². The fraction of sp³-hybridized carbons (Fsp3) is 0.200. The van der Waals surface area contributed by atoms with Crippen molar-refractivity contribution in [1.82, 2.24) is 15.0 Å². The normalized spacial score (nSPS) is 10.5. The fourth-order valence-corrected chi connectivity index (χ4v) is 2.66. The standard InChI is InChI=1S/C20H18ClFN4O3/c1-12(27)29-17-11-14(5-8-16(17)21)18-24-19(26-20(25-18)28-2)23-10-9-13-3-6-15(22)7-4-13/h3-8,11H,9-10H2,1-2H3,(H,23,24,25,26). The topological polar surface area (TPSA) is 86.2 Å². The maximum Gasteiger partial charge on any atom is 0.321 e. The highest BCUT2D eigenvalue weighted by Crippen LogP contribution is 2.30. The minimum absolute atomic E-state index is 0.128. The zero-order chi connectivity index (χ0) is 20.8. The number of hydrogen-bond donors (Lipinski definition) is 1. The van der Waals surface area contributed by atoms with Gasteiger partial charge in [-0.3, -0.25) is 4.79 Å². The number of nitrogens with one attached hydrogen (secondary N) is 1. The molecule has 1 heterocycles. The van der Waals surface area contributed by atoms with Crippen LogP contribution >= 0.6 is 11.6 Å². The van der Waals surface area contributed by atoms with E-state index >= 15 is 0 Å². The van der Waals surface area contributed by atoms with Crippen molar-refractivity contribution in [2.45, 2.75) is 13.3 Å². The zero-order valence-corrected chi connectivity index (χ0v) is 16.5. The molecule has 29 heavy (non-hydrogen) atoms. The monoisotopic (exact) mass is 416 g/mol. The number of carbonyl (C=O) groups is 1. The van der Waals surface area contributed by atoms with Crippen LogP contribution in [0.1, 0.15) is 12.5 Å². The summed E-state index contributed by atoms with van der Waals surface area (Å²) >= 11 is 6.06. The summed E-state index contributed by atoms with van der Waals surface area (Å²) in [6, 6.07) is 11.3. The van der Waals surface area contributed by atoms with Gasteiger partial charge in [0.1, 0.15) is 11.6 Å². The van der Waals surface area contributed by atoms with Crippen LogP contribution in [0.3, 0.4) is 0 Å². The van der Waals surface area contributed by atoms with E-state index in [0.717, 1.165) is 5.56 Å². The first-order chi connectivity index (χ1) is 13.9. The molecule has 0 amide bonds. The van der Waals surface area contributed by atoms with Crippen molar-refractivity contribution in [3.8, 4) is 23.1 Å². The molecule has 3 aromatic rings. The molecule has 0 bridgehead atoms. The molecular weight excluding hydrogens is 399 g/mol. The van der Waals surface area contributed by atoms with Crippen molar-refractivity contribution in [3.63, 3.8) is 0 Å². The Morgan fingerprint density at radius 2 is 1.90 bits per heavy atom. The molecule has 9 heteroatoms. The highest BCUT2D eigenvalue weighted by Gasteiger charge is 2.12. The van der Waals surface area contributed by atoms with Crippen molar-refractivity contribution >= 4 is 23.5 Å². The minimum Gasteiger partial charge on any atom is -0.467 e. The first-order valence-electron chi connectivity index (χ1n) is 8.71. The summed E-state index contributed by atoms with van der Waals surface area (Å²) in [5, 5.41) is 3.40. The van der Waals surface area contributed by atoms with Gasteiger partial charge in [0.05, 0.1) is 12.1 Å². The van der Waals surface area contributed by atoms with Gasteiger partial charge in [-0.1, -0.05) is 23.7 Å². The number of esters is 1. The molecule has 0 spiro atoms. The van der Waals surface area contributed by atoms with E-state index in [1.54, 1.807) is 30.3 Å². The van der Waals surface area contributed by atoms with Crippen molar-refractivity contribution in [2.24, 2.45) is 0 Å². The Morgan fingerprint density at radius 1 is 1.14 bits per heavy atom. The summed E-state index contributed by atoms with van der Waals surface area (Å²) in [5.74, 6) is 0.0936. The van der Waals surface area contributed by atoms with E-state index in [4.69, 9.17) is 21.1 Å². The van der Waals surface area contributed by atoms with Crippen molar-refractivity contribution in [3.05, 3.63) is 58.9 Å². The second-order valence-corrected chi connectivity index (χ2v) is 6.42. The Bertz CT molecular complexity index is 1020. The summed E-state index contributed by atoms with van der Waals surface area (Å²) in [4.78, 5) is 24.1. The predicted octanol–water partition coefficient (Wildman–Crippen LogP) is 3.92. The summed E-state index contributed by atoms with van der Waals surface area (Å²) in [7, 11) is 1.45. The number of hydrogen-bond acceptors (Lipinski definition) is 7. The summed E-state index contributed by atoms with van der Waals surface area (Å²) in [5.41, 5.74) is 1.55. The molecule has 0 aliphatic heterocycles. The summed E-state index contributed by atoms with van der Waals surface area (Å²) in [6.45, 7) is 1.82. The number of benzene rings is 2. The van der Waals surface area contributed by atoms with E-state index in [1.165, 1.54) is 26.2 Å². The summed E-state index contributed by atoms with van der Waals surface area (Å²) < 4.78 is 23.3. The Hall–Kier alpha value is -3.26. The maximum absolute atomic E-state index is 13.0. The quantitative estimate of drug-likeness (QED) is 0.461. The van der Waals surface area contributed by atoms with Gasteiger partial charge in [-0.15, -0.1) is 0 Å². The van der Waals surface area contributed by atoms with E-state index in [1.807, 2.05) is 0 Å². The molecule has 0 radical (unpaired) electrons. The third-order valence-corrected chi connectivity index (χ3v) is 4.16. The van der Waals surface area contributed by atoms with Gasteiger partial charge in [0.15, 0.2) is 5.82 Å². The van der Waals surface area contributed by atoms with E-state index in [2.05, 4.69) is 20.3 Å². The van der Waals surface area contributed by atoms with Crippen LogP contribution in [0.4, 0.5) is 10.3 Å². The van der Waals surface area contributed by atoms with Crippen LogP contribution in [0.2, 0.25) is 5.02 Å². The third-order valence-electron chi connectivity index (χ3n) is 3.85. The number of aromatic nitrogens is 3. The highest BCUT2D eigenvalue weighted by atomic mass is 35.5. The van der Waals surface area contributed by atoms with Crippen LogP contribution in [0.5, 0.6) is 11.8 Å². The lowest BCUT2D eigenvalue weighted by Gasteiger charge is -2.10. The molecule has 0 unspecified atom stereocenters. The van der Waals surface area contributed by atoms with Gasteiger partial charge < -0.3 is 14.8 Å². The molecule has 1 aromatic heterocycles. The Labute approximate surface area is 171 Å². The second kappa shape index (κ2) is 9.29. The largest absolute Gasteiger partial charge is 0.467 e. The number of nitrogens with zero attached hydrogens (tertiary/aromatic N) is 3. The van der Waals surface area contributed by atoms with Gasteiger partial charge in [-0.25, -0.2) is 4.39 Å². The minimum atomic E-state index is -0.486. The number of carbonyl (C=O) groups excluding carboxylic acids is 1. The maximum atomic E-state index is 13.0. The molecule has 7 nitrogen and oxygen atoms in total. The van der Waals surface area contributed by atoms with E-state index in [-0.39, 0.29) is 17.6 Å². The van der Waals surface area contributed by atoms with E-state index in [9.17, 15) is 9.18 Å². The van der Waals surface area contributed by atoms with Crippen LogP contribution in [0.15, 0.2) is 42.5 Å². The highest BCUT2D eigenvalue weighted by molar-refractivity contribution is 6.32. The average molecular weight is 417 g/mol. The Balaban J connectivity index is 1.79. The molecule has 0 aliphatic carbocycles. The number of methoxy groups -OCH3 is 1. The third kappa shape index (κ3) is 5.61. The first kappa shape index (κ1) is 20.5. The molecule has 2 aromatic carbocycles. The predicted molar refractivity (Wildman–Crippen MR) is 107 cm³/mol. The Morgan fingerprint density at radius 3 is 2.59 bits per heavy atom. The first-order valence-corrected chi connectivity index (χ1v) is 9.09. The number of halogens is 2. The van der Waals surface area contributed by atoms with Crippen molar-refractivity contribution < 1.29 is 18.7 Å². The lowest BCUT2D eigenvalue weighted by atomic mass is 10.1. The molecule has 0 aliphatic rings. The van der Waals surface area contributed by atoms with Gasteiger partial charge >= 0.3 is 12.0 Å². The van der Waals surface area contributed by atoms with Gasteiger partial charge in [-0.05, 0) is 42.3 Å². The smallest absolute Gasteiger partial charge is 0.321 e. The molecule has 0 atom stereocenters. The number of rotatable bonds is 7. The van der Waals surface area contributed by atoms with Gasteiger partial charge in [-0.2, -0.15) is 15.0 Å². The molecule has 0 saturated carbocycles. The van der Waals surface area contributed by atoms with Gasteiger partial charge in [0, 0.05) is 19.0 Å². The number of ether oxygens (including phenoxy) is 2. The fourth-order valence-electron chi connectivity index (χ4n) is 2.50. The van der Waals surface area contributed by atoms with E-state index in [0.29, 0.717) is 35.3 Å². The van der Waals surface area contributed by atoms with Crippen LogP contribution in [-0.2, 0) is 11.2 Å². The molecule has 150 valence electrons. The summed E-state index contributed by atoms with van der Waals surface area (Å²) in [6.07, 6.45) is 0.654. The molecular formula is C20H18ClFN4O3. The van der Waals surface area contributed by atoms with Crippen LogP contribution < -0.4 is 14.8 Å². The lowest BCUT2D eigenvalue weighted by Crippen LogP contribution is -2.10. The molecule has 1 N–H and O–H groups in total. The number of anilines is 1. The van der Waals surface area contributed by atoms with Crippen molar-refractivity contribution in [1.29, 1.82) is 0 Å². The lowest BCUT2D eigenvalue weighted by molar-refractivity contribution is -0.131. The Kier molecular flexibility index (Phi) is 6.56. The van der Waals surface area contributed by atoms with Crippen LogP contribution in [0, 0.1) is 5.82 Å². The van der Waals surface area contributed by atoms with Gasteiger partial charge in [0.2, 0.25) is 5.95 Å². The van der Waals surface area contributed by atoms with E-state index < -0.39 is 5.97 Å². The zero-order valence-electron chi connectivity index (χ0n) is 15.8. The molecule has 0 saturated heterocycles. The van der Waals surface area contributed by atoms with Crippen molar-refractivity contribution in [2.75, 3.05) is 19.0 Å². The second-order valence-electron chi connectivity index (χ2n) is 6.01. The molecule has 3 rings (SSSR count).